The van der Waals surface area contributed by atoms with Crippen molar-refractivity contribution in [2.45, 2.75) is 46.0 Å². The minimum Gasteiger partial charge on any atom is -0.319 e. The summed E-state index contributed by atoms with van der Waals surface area (Å²) in [5, 5.41) is 1.70. The summed E-state index contributed by atoms with van der Waals surface area (Å²) >= 11 is 0. The predicted octanol–water partition coefficient (Wildman–Crippen LogP) is 3.60. The van der Waals surface area contributed by atoms with Gasteiger partial charge in [-0.05, 0) is 52.0 Å². The van der Waals surface area contributed by atoms with Gasteiger partial charge in [0.1, 0.15) is 0 Å². The minimum atomic E-state index is 0.949. The number of hydrogen-bond acceptors (Lipinski definition) is 3. The van der Waals surface area contributed by atoms with E-state index in [9.17, 15) is 0 Å². The summed E-state index contributed by atoms with van der Waals surface area (Å²) in [6, 6.07) is 0. The molecule has 0 aromatic heterocycles. The van der Waals surface area contributed by atoms with Crippen molar-refractivity contribution in [2.75, 3.05) is 13.6 Å². The zero-order valence-electron chi connectivity index (χ0n) is 12.5. The highest BCUT2D eigenvalue weighted by atomic mass is 15.4. The summed E-state index contributed by atoms with van der Waals surface area (Å²) in [7, 11) is 1.89. The molecule has 0 bridgehead atoms. The first-order chi connectivity index (χ1) is 9.17. The monoisotopic (exact) mass is 261 g/mol. The average molecular weight is 261 g/mol. The third-order valence-corrected chi connectivity index (χ3v) is 3.45. The van der Waals surface area contributed by atoms with Gasteiger partial charge in [-0.25, -0.2) is 5.84 Å². The third-order valence-electron chi connectivity index (χ3n) is 3.45. The second kappa shape index (κ2) is 8.70. The van der Waals surface area contributed by atoms with Crippen molar-refractivity contribution in [1.29, 1.82) is 0 Å². The van der Waals surface area contributed by atoms with Crippen LogP contribution >= 0.6 is 0 Å². The summed E-state index contributed by atoms with van der Waals surface area (Å²) in [4.78, 5) is 4.66. The van der Waals surface area contributed by atoms with Crippen LogP contribution in [0.2, 0.25) is 0 Å². The van der Waals surface area contributed by atoms with Crippen molar-refractivity contribution in [3.63, 3.8) is 0 Å². The van der Waals surface area contributed by atoms with Crippen LogP contribution in [0.5, 0.6) is 0 Å². The second-order valence-corrected chi connectivity index (χ2v) is 4.92. The van der Waals surface area contributed by atoms with E-state index in [1.807, 2.05) is 14.0 Å². The fraction of sp³-hybridized carbons (Fsp3) is 0.562. The van der Waals surface area contributed by atoms with E-state index in [0.717, 1.165) is 38.6 Å². The lowest BCUT2D eigenvalue weighted by molar-refractivity contribution is 0.417. The van der Waals surface area contributed by atoms with Gasteiger partial charge in [0.15, 0.2) is 0 Å². The Morgan fingerprint density at radius 3 is 2.84 bits per heavy atom. The number of hydrazine groups is 1. The zero-order valence-corrected chi connectivity index (χ0v) is 12.5. The van der Waals surface area contributed by atoms with Gasteiger partial charge in [0, 0.05) is 25.0 Å². The molecular formula is C16H27N3. The van der Waals surface area contributed by atoms with Crippen LogP contribution in [0.1, 0.15) is 46.0 Å². The summed E-state index contributed by atoms with van der Waals surface area (Å²) < 4.78 is 0. The number of nitrogens with two attached hydrogens (primary N) is 1. The Bertz CT molecular complexity index is 387. The molecule has 0 atom stereocenters. The molecule has 2 N–H and O–H groups in total. The predicted molar refractivity (Wildman–Crippen MR) is 84.0 cm³/mol. The third kappa shape index (κ3) is 5.88. The van der Waals surface area contributed by atoms with Gasteiger partial charge in [-0.2, -0.15) is 0 Å². The van der Waals surface area contributed by atoms with Crippen molar-refractivity contribution in [2.24, 2.45) is 10.8 Å². The minimum absolute atomic E-state index is 0.949. The lowest BCUT2D eigenvalue weighted by atomic mass is 10.0. The van der Waals surface area contributed by atoms with Gasteiger partial charge in [0.2, 0.25) is 0 Å². The summed E-state index contributed by atoms with van der Waals surface area (Å²) in [5.41, 5.74) is 3.82. The molecule has 0 spiro atoms. The van der Waals surface area contributed by atoms with E-state index in [-0.39, 0.29) is 0 Å². The van der Waals surface area contributed by atoms with Gasteiger partial charge in [-0.1, -0.05) is 23.8 Å². The molecule has 0 unspecified atom stereocenters. The molecule has 0 aromatic rings. The van der Waals surface area contributed by atoms with Crippen LogP contribution in [0.25, 0.3) is 0 Å². The lowest BCUT2D eigenvalue weighted by Crippen LogP contribution is -2.25. The van der Waals surface area contributed by atoms with Crippen molar-refractivity contribution in [3.8, 4) is 0 Å². The van der Waals surface area contributed by atoms with E-state index in [1.165, 1.54) is 17.0 Å². The Kier molecular flexibility index (Phi) is 7.19. The quantitative estimate of drug-likeness (QED) is 0.607. The topological polar surface area (TPSA) is 41.6 Å². The van der Waals surface area contributed by atoms with Crippen LogP contribution in [-0.2, 0) is 0 Å². The summed E-state index contributed by atoms with van der Waals surface area (Å²) in [6.45, 7) is 5.09. The van der Waals surface area contributed by atoms with Crippen LogP contribution in [0.15, 0.2) is 40.6 Å². The fourth-order valence-corrected chi connectivity index (χ4v) is 2.22. The molecule has 3 heteroatoms. The van der Waals surface area contributed by atoms with Crippen LogP contribution in [0.3, 0.4) is 0 Å². The first-order valence-electron chi connectivity index (χ1n) is 7.17. The summed E-state index contributed by atoms with van der Waals surface area (Å²) in [6.07, 6.45) is 14.1. The van der Waals surface area contributed by atoms with Crippen LogP contribution in [0, 0.1) is 0 Å². The van der Waals surface area contributed by atoms with Crippen molar-refractivity contribution < 1.29 is 0 Å². The van der Waals surface area contributed by atoms with Crippen LogP contribution in [-0.4, -0.2) is 24.3 Å². The molecule has 19 heavy (non-hydrogen) atoms. The molecule has 0 saturated carbocycles. The van der Waals surface area contributed by atoms with E-state index >= 15 is 0 Å². The van der Waals surface area contributed by atoms with Crippen molar-refractivity contribution in [3.05, 3.63) is 35.6 Å². The Labute approximate surface area is 117 Å². The second-order valence-electron chi connectivity index (χ2n) is 4.92. The molecular weight excluding hydrogens is 234 g/mol. The molecule has 1 heterocycles. The number of nitrogens with zero attached hydrogens (tertiary/aromatic N) is 2. The molecule has 1 aliphatic heterocycles. The standard InChI is InChI=1S/C16H27N3/c1-4-14-8-7-13-18-15(12-11-14)9-6-10-16(5-2)19(3)17/h4-5,11-12H,6-10,13,17H2,1-3H3/b12-11-,14-4+,16-5-,18-15?. The van der Waals surface area contributed by atoms with E-state index < -0.39 is 0 Å². The highest BCUT2D eigenvalue weighted by Gasteiger charge is 2.03. The molecule has 106 valence electrons. The van der Waals surface area contributed by atoms with Gasteiger partial charge in [-0.15, -0.1) is 0 Å². The van der Waals surface area contributed by atoms with Gasteiger partial charge in [0.05, 0.1) is 0 Å². The molecule has 0 fully saturated rings. The maximum Gasteiger partial charge on any atom is 0.0395 e. The van der Waals surface area contributed by atoms with E-state index in [4.69, 9.17) is 5.84 Å². The molecule has 1 aliphatic rings. The number of allylic oxidation sites excluding steroid dienone is 6. The fourth-order valence-electron chi connectivity index (χ4n) is 2.22. The van der Waals surface area contributed by atoms with Gasteiger partial charge in [-0.3, -0.25) is 4.99 Å². The Morgan fingerprint density at radius 1 is 1.42 bits per heavy atom. The van der Waals surface area contributed by atoms with Gasteiger partial charge >= 0.3 is 0 Å². The van der Waals surface area contributed by atoms with E-state index in [0.29, 0.717) is 0 Å². The van der Waals surface area contributed by atoms with Gasteiger partial charge < -0.3 is 5.01 Å². The SMILES string of the molecule is C/C=C(/CCCC1=NCCCC(=C\C)/C=C\1)N(C)N. The Hall–Kier alpha value is -1.35. The van der Waals surface area contributed by atoms with Crippen LogP contribution in [0.4, 0.5) is 0 Å². The van der Waals surface area contributed by atoms with E-state index in [2.05, 4.69) is 36.2 Å². The molecule has 0 radical (unpaired) electrons. The number of aliphatic imine (C=N–C) groups is 1. The largest absolute Gasteiger partial charge is 0.319 e. The summed E-state index contributed by atoms with van der Waals surface area (Å²) in [5.74, 6) is 5.76. The van der Waals surface area contributed by atoms with Crippen LogP contribution < -0.4 is 5.84 Å². The maximum atomic E-state index is 5.76. The number of rotatable bonds is 5. The zero-order chi connectivity index (χ0) is 14.1. The van der Waals surface area contributed by atoms with E-state index in [1.54, 1.807) is 5.01 Å². The Morgan fingerprint density at radius 2 is 2.21 bits per heavy atom. The molecule has 0 aliphatic carbocycles. The van der Waals surface area contributed by atoms with Gasteiger partial charge in [0.25, 0.3) is 0 Å². The molecule has 1 rings (SSSR count). The Balaban J connectivity index is 2.48. The maximum absolute atomic E-state index is 5.76. The number of hydrogen-bond donors (Lipinski definition) is 1. The average Bonchev–Trinajstić information content (AvgIpc) is 2.36. The first kappa shape index (κ1) is 15.7. The smallest absolute Gasteiger partial charge is 0.0395 e. The van der Waals surface area contributed by atoms with Crippen molar-refractivity contribution in [1.82, 2.24) is 5.01 Å². The highest BCUT2D eigenvalue weighted by molar-refractivity contribution is 5.95. The van der Waals surface area contributed by atoms with Crippen molar-refractivity contribution >= 4 is 5.71 Å². The molecule has 0 saturated heterocycles. The molecule has 3 nitrogen and oxygen atoms in total. The molecule has 0 amide bonds. The lowest BCUT2D eigenvalue weighted by Gasteiger charge is -2.16. The first-order valence-corrected chi connectivity index (χ1v) is 7.17. The normalized spacial score (nSPS) is 20.7. The molecule has 0 aromatic carbocycles. The highest BCUT2D eigenvalue weighted by Crippen LogP contribution is 2.13.